The number of anilines is 1. The Kier molecular flexibility index (Phi) is 4.91. The highest BCUT2D eigenvalue weighted by molar-refractivity contribution is 6.42. The second-order valence-electron chi connectivity index (χ2n) is 7.57. The van der Waals surface area contributed by atoms with E-state index in [1.54, 1.807) is 6.20 Å². The van der Waals surface area contributed by atoms with Crippen molar-refractivity contribution >= 4 is 40.2 Å². The first-order valence-electron chi connectivity index (χ1n) is 9.85. The molecule has 28 heavy (non-hydrogen) atoms. The van der Waals surface area contributed by atoms with Crippen LogP contribution in [0.1, 0.15) is 25.7 Å². The summed E-state index contributed by atoms with van der Waals surface area (Å²) in [6.45, 7) is 2.68. The van der Waals surface area contributed by atoms with Crippen LogP contribution >= 0.6 is 23.2 Å². The lowest BCUT2D eigenvalue weighted by Gasteiger charge is -2.39. The fourth-order valence-electron chi connectivity index (χ4n) is 4.52. The Bertz CT molecular complexity index is 985. The minimum absolute atomic E-state index is 0.432. The van der Waals surface area contributed by atoms with Gasteiger partial charge in [0.05, 0.1) is 27.7 Å². The van der Waals surface area contributed by atoms with Crippen LogP contribution in [0.3, 0.4) is 0 Å². The van der Waals surface area contributed by atoms with Crippen molar-refractivity contribution in [2.75, 3.05) is 24.7 Å². The van der Waals surface area contributed by atoms with Gasteiger partial charge in [0.15, 0.2) is 0 Å². The molecule has 2 fully saturated rings. The van der Waals surface area contributed by atoms with Gasteiger partial charge in [-0.25, -0.2) is 9.97 Å². The molecule has 5 rings (SSSR count). The topological polar surface area (TPSA) is 43.2 Å². The molecule has 2 atom stereocenters. The quantitative estimate of drug-likeness (QED) is 0.593. The molecule has 146 valence electrons. The van der Waals surface area contributed by atoms with Crippen LogP contribution in [0, 0.1) is 5.92 Å². The molecule has 1 aromatic carbocycles. The van der Waals surface area contributed by atoms with Crippen LogP contribution in [0.15, 0.2) is 36.5 Å². The summed E-state index contributed by atoms with van der Waals surface area (Å²) in [5, 5.41) is 1.04. The molecule has 0 amide bonds. The lowest BCUT2D eigenvalue weighted by atomic mass is 9.90. The van der Waals surface area contributed by atoms with E-state index in [0.717, 1.165) is 55.4 Å². The highest BCUT2D eigenvalue weighted by atomic mass is 35.5. The number of pyridine rings is 1. The van der Waals surface area contributed by atoms with Gasteiger partial charge in [-0.05, 0) is 49.9 Å². The molecule has 3 aromatic rings. The Hall–Kier alpha value is -1.82. The number of fused-ring (bicyclic) bond motifs is 1. The molecule has 2 unspecified atom stereocenters. The van der Waals surface area contributed by atoms with E-state index in [0.29, 0.717) is 22.0 Å². The molecule has 0 saturated carbocycles. The Morgan fingerprint density at radius 3 is 2.75 bits per heavy atom. The fourth-order valence-corrected chi connectivity index (χ4v) is 4.83. The van der Waals surface area contributed by atoms with Crippen LogP contribution in [0.4, 0.5) is 5.95 Å². The molecule has 0 aliphatic carbocycles. The van der Waals surface area contributed by atoms with Crippen molar-refractivity contribution in [1.29, 1.82) is 0 Å². The molecular formula is C21H22Cl2N4O. The first-order chi connectivity index (χ1) is 13.7. The van der Waals surface area contributed by atoms with Crippen molar-refractivity contribution in [1.82, 2.24) is 14.5 Å². The molecule has 0 bridgehead atoms. The predicted molar refractivity (Wildman–Crippen MR) is 113 cm³/mol. The van der Waals surface area contributed by atoms with Gasteiger partial charge >= 0.3 is 0 Å². The van der Waals surface area contributed by atoms with E-state index in [9.17, 15) is 0 Å². The minimum atomic E-state index is 0.432. The molecule has 5 nitrogen and oxygen atoms in total. The van der Waals surface area contributed by atoms with Gasteiger partial charge in [-0.3, -0.25) is 4.57 Å². The van der Waals surface area contributed by atoms with Crippen molar-refractivity contribution in [3.8, 4) is 5.82 Å². The number of aromatic nitrogens is 3. The average molecular weight is 417 g/mol. The van der Waals surface area contributed by atoms with Crippen molar-refractivity contribution in [3.05, 3.63) is 46.6 Å². The SMILES string of the molecule is Clc1cc2nc(N3CCCCC3C3CCOC3)n(-c3ccccn3)c2cc1Cl. The number of piperidine rings is 1. The van der Waals surface area contributed by atoms with Crippen LogP contribution in [0.5, 0.6) is 0 Å². The lowest BCUT2D eigenvalue weighted by Crippen LogP contribution is -2.45. The Morgan fingerprint density at radius 1 is 1.07 bits per heavy atom. The Labute approximate surface area is 174 Å². The molecule has 7 heteroatoms. The van der Waals surface area contributed by atoms with Crippen molar-refractivity contribution in [3.63, 3.8) is 0 Å². The molecule has 2 aliphatic rings. The zero-order valence-corrected chi connectivity index (χ0v) is 17.0. The first kappa shape index (κ1) is 18.2. The van der Waals surface area contributed by atoms with Crippen LogP contribution < -0.4 is 4.90 Å². The van der Waals surface area contributed by atoms with Crippen molar-refractivity contribution in [2.45, 2.75) is 31.7 Å². The third-order valence-corrected chi connectivity index (χ3v) is 6.59. The zero-order valence-electron chi connectivity index (χ0n) is 15.5. The number of nitrogens with zero attached hydrogens (tertiary/aromatic N) is 4. The normalized spacial score (nSPS) is 22.9. The number of halogens is 2. The second-order valence-corrected chi connectivity index (χ2v) is 8.38. The summed E-state index contributed by atoms with van der Waals surface area (Å²) in [5.41, 5.74) is 1.76. The summed E-state index contributed by atoms with van der Waals surface area (Å²) >= 11 is 12.6. The summed E-state index contributed by atoms with van der Waals surface area (Å²) in [5.74, 6) is 2.30. The van der Waals surface area contributed by atoms with Gasteiger partial charge in [-0.2, -0.15) is 0 Å². The summed E-state index contributed by atoms with van der Waals surface area (Å²) in [7, 11) is 0. The molecule has 0 spiro atoms. The van der Waals surface area contributed by atoms with Gasteiger partial charge in [0, 0.05) is 31.3 Å². The summed E-state index contributed by atoms with van der Waals surface area (Å²) < 4.78 is 7.82. The average Bonchev–Trinajstić information content (AvgIpc) is 3.37. The van der Waals surface area contributed by atoms with Crippen LogP contribution in [0.25, 0.3) is 16.9 Å². The molecule has 2 aliphatic heterocycles. The highest BCUT2D eigenvalue weighted by Crippen LogP contribution is 2.37. The van der Waals surface area contributed by atoms with Crippen LogP contribution in [0.2, 0.25) is 10.0 Å². The molecule has 2 aromatic heterocycles. The first-order valence-corrected chi connectivity index (χ1v) is 10.6. The number of ether oxygens (including phenoxy) is 1. The maximum atomic E-state index is 6.35. The van der Waals surface area contributed by atoms with Crippen LogP contribution in [-0.2, 0) is 4.74 Å². The smallest absolute Gasteiger partial charge is 0.212 e. The summed E-state index contributed by atoms with van der Waals surface area (Å²) in [6, 6.07) is 10.1. The molecule has 0 radical (unpaired) electrons. The summed E-state index contributed by atoms with van der Waals surface area (Å²) in [6.07, 6.45) is 6.50. The third kappa shape index (κ3) is 3.15. The molecule has 0 N–H and O–H groups in total. The van der Waals surface area contributed by atoms with Crippen molar-refractivity contribution < 1.29 is 4.74 Å². The van der Waals surface area contributed by atoms with E-state index >= 15 is 0 Å². The molecule has 2 saturated heterocycles. The highest BCUT2D eigenvalue weighted by Gasteiger charge is 2.35. The van der Waals surface area contributed by atoms with Gasteiger partial charge in [0.2, 0.25) is 5.95 Å². The standard InChI is InChI=1S/C21H22Cl2N4O/c22-15-11-17-19(12-16(15)23)27(20-6-1-3-8-24-20)21(25-17)26-9-4-2-5-18(26)14-7-10-28-13-14/h1,3,6,8,11-12,14,18H,2,4-5,7,9-10,13H2. The fraction of sp³-hybridized carbons (Fsp3) is 0.429. The number of hydrogen-bond donors (Lipinski definition) is 0. The van der Waals surface area contributed by atoms with E-state index in [1.165, 1.54) is 12.8 Å². The van der Waals surface area contributed by atoms with E-state index < -0.39 is 0 Å². The lowest BCUT2D eigenvalue weighted by molar-refractivity contribution is 0.176. The maximum absolute atomic E-state index is 6.35. The monoisotopic (exact) mass is 416 g/mol. The Balaban J connectivity index is 1.69. The van der Waals surface area contributed by atoms with Gasteiger partial charge in [-0.15, -0.1) is 0 Å². The van der Waals surface area contributed by atoms with E-state index in [1.807, 2.05) is 30.3 Å². The number of imidazole rings is 1. The maximum Gasteiger partial charge on any atom is 0.212 e. The van der Waals surface area contributed by atoms with E-state index in [4.69, 9.17) is 32.9 Å². The van der Waals surface area contributed by atoms with Crippen molar-refractivity contribution in [2.24, 2.45) is 5.92 Å². The van der Waals surface area contributed by atoms with Gasteiger partial charge in [0.25, 0.3) is 0 Å². The van der Waals surface area contributed by atoms with E-state index in [-0.39, 0.29) is 0 Å². The molecular weight excluding hydrogens is 395 g/mol. The van der Waals surface area contributed by atoms with Gasteiger partial charge in [0.1, 0.15) is 5.82 Å². The van der Waals surface area contributed by atoms with Crippen LogP contribution in [-0.4, -0.2) is 40.3 Å². The zero-order chi connectivity index (χ0) is 19.1. The van der Waals surface area contributed by atoms with Gasteiger partial charge < -0.3 is 9.64 Å². The van der Waals surface area contributed by atoms with Gasteiger partial charge in [-0.1, -0.05) is 29.3 Å². The Morgan fingerprint density at radius 2 is 1.96 bits per heavy atom. The summed E-state index contributed by atoms with van der Waals surface area (Å²) in [4.78, 5) is 12.1. The second kappa shape index (κ2) is 7.54. The predicted octanol–water partition coefficient (Wildman–Crippen LogP) is 5.12. The van der Waals surface area contributed by atoms with E-state index in [2.05, 4.69) is 14.5 Å². The number of hydrogen-bond acceptors (Lipinski definition) is 4. The largest absolute Gasteiger partial charge is 0.381 e. The number of benzene rings is 1. The molecule has 4 heterocycles. The minimum Gasteiger partial charge on any atom is -0.381 e. The number of rotatable bonds is 3. The third-order valence-electron chi connectivity index (χ3n) is 5.87.